The second-order valence-corrected chi connectivity index (χ2v) is 10.1. The molecule has 0 saturated carbocycles. The summed E-state index contributed by atoms with van der Waals surface area (Å²) in [5, 5.41) is 5.93. The van der Waals surface area contributed by atoms with Crippen LogP contribution >= 0.6 is 11.6 Å². The van der Waals surface area contributed by atoms with E-state index in [4.69, 9.17) is 16.3 Å². The van der Waals surface area contributed by atoms with E-state index in [1.807, 2.05) is 60.2 Å². The number of likely N-dealkylation sites (tertiary alicyclic amines) is 1. The molecule has 2 fully saturated rings. The summed E-state index contributed by atoms with van der Waals surface area (Å²) in [5.74, 6) is 0.356. The molecule has 6 nitrogen and oxygen atoms in total. The molecule has 1 aromatic heterocycles. The Morgan fingerprint density at radius 1 is 1.23 bits per heavy atom. The van der Waals surface area contributed by atoms with Gasteiger partial charge in [-0.15, -0.1) is 0 Å². The van der Waals surface area contributed by atoms with Crippen molar-refractivity contribution in [3.63, 3.8) is 0 Å². The SMILES string of the molecule is C=CC(=O)N1CC(Nc2ccc3ccn(CC4CCOCC4)c(=O)c3c2)(c2cccc(Cl)c2C)C1. The molecule has 3 heterocycles. The molecule has 2 aliphatic heterocycles. The van der Waals surface area contributed by atoms with Crippen molar-refractivity contribution in [3.05, 3.63) is 87.8 Å². The van der Waals surface area contributed by atoms with E-state index in [9.17, 15) is 9.59 Å². The topological polar surface area (TPSA) is 63.6 Å². The van der Waals surface area contributed by atoms with Crippen LogP contribution in [0, 0.1) is 12.8 Å². The van der Waals surface area contributed by atoms with Crippen LogP contribution in [0.4, 0.5) is 5.69 Å². The molecule has 2 saturated heterocycles. The van der Waals surface area contributed by atoms with Crippen molar-refractivity contribution in [1.29, 1.82) is 0 Å². The van der Waals surface area contributed by atoms with Crippen LogP contribution in [-0.4, -0.2) is 41.7 Å². The highest BCUT2D eigenvalue weighted by Crippen LogP contribution is 2.39. The minimum atomic E-state index is -0.503. The van der Waals surface area contributed by atoms with Gasteiger partial charge in [-0.25, -0.2) is 0 Å². The zero-order valence-corrected chi connectivity index (χ0v) is 20.7. The Balaban J connectivity index is 1.48. The van der Waals surface area contributed by atoms with Gasteiger partial charge in [0.15, 0.2) is 0 Å². The summed E-state index contributed by atoms with van der Waals surface area (Å²) in [4.78, 5) is 27.4. The number of amides is 1. The molecule has 0 spiro atoms. The number of halogens is 1. The molecule has 182 valence electrons. The van der Waals surface area contributed by atoms with E-state index in [2.05, 4.69) is 11.9 Å². The Morgan fingerprint density at radius 2 is 2.00 bits per heavy atom. The molecule has 1 N–H and O–H groups in total. The highest BCUT2D eigenvalue weighted by atomic mass is 35.5. The van der Waals surface area contributed by atoms with Crippen molar-refractivity contribution < 1.29 is 9.53 Å². The second-order valence-electron chi connectivity index (χ2n) is 9.65. The molecule has 0 unspecified atom stereocenters. The van der Waals surface area contributed by atoms with Gasteiger partial charge in [0.1, 0.15) is 0 Å². The maximum atomic E-state index is 13.4. The number of hydrogen-bond acceptors (Lipinski definition) is 4. The van der Waals surface area contributed by atoms with Crippen LogP contribution in [-0.2, 0) is 21.6 Å². The van der Waals surface area contributed by atoms with Crippen molar-refractivity contribution in [3.8, 4) is 0 Å². The Kier molecular flexibility index (Phi) is 6.43. The molecular weight excluding hydrogens is 462 g/mol. The standard InChI is InChI=1S/C28H30ClN3O3/c1-3-26(33)32-17-28(18-32,24-5-4-6-25(29)19(24)2)30-22-8-7-21-9-12-31(27(34)23(21)15-22)16-20-10-13-35-14-11-20/h3-9,12,15,20,30H,1,10-11,13-14,16-18H2,2H3. The first kappa shape index (κ1) is 23.6. The lowest BCUT2D eigenvalue weighted by Crippen LogP contribution is -2.65. The summed E-state index contributed by atoms with van der Waals surface area (Å²) in [6.07, 6.45) is 5.20. The van der Waals surface area contributed by atoms with Crippen LogP contribution < -0.4 is 10.9 Å². The molecule has 0 atom stereocenters. The maximum Gasteiger partial charge on any atom is 0.258 e. The van der Waals surface area contributed by atoms with Gasteiger partial charge in [-0.05, 0) is 72.5 Å². The minimum Gasteiger partial charge on any atom is -0.381 e. The molecule has 0 aliphatic carbocycles. The molecule has 7 heteroatoms. The zero-order chi connectivity index (χ0) is 24.6. The van der Waals surface area contributed by atoms with Crippen molar-refractivity contribution in [2.45, 2.75) is 31.8 Å². The number of carbonyl (C=O) groups is 1. The number of pyridine rings is 1. The van der Waals surface area contributed by atoms with Crippen LogP contribution in [0.2, 0.25) is 5.02 Å². The Morgan fingerprint density at radius 3 is 2.74 bits per heavy atom. The van der Waals surface area contributed by atoms with E-state index < -0.39 is 5.54 Å². The number of fused-ring (bicyclic) bond motifs is 1. The van der Waals surface area contributed by atoms with E-state index in [0.29, 0.717) is 36.0 Å². The summed E-state index contributed by atoms with van der Waals surface area (Å²) >= 11 is 6.45. The van der Waals surface area contributed by atoms with Crippen LogP contribution in [0.3, 0.4) is 0 Å². The average molecular weight is 492 g/mol. The number of benzene rings is 2. The lowest BCUT2D eigenvalue weighted by atomic mass is 9.79. The van der Waals surface area contributed by atoms with Gasteiger partial charge in [-0.2, -0.15) is 0 Å². The quantitative estimate of drug-likeness (QED) is 0.506. The molecular formula is C28H30ClN3O3. The highest BCUT2D eigenvalue weighted by molar-refractivity contribution is 6.31. The molecule has 5 rings (SSSR count). The third-order valence-corrected chi connectivity index (χ3v) is 7.76. The smallest absolute Gasteiger partial charge is 0.258 e. The zero-order valence-electron chi connectivity index (χ0n) is 19.9. The first-order valence-electron chi connectivity index (χ1n) is 12.1. The van der Waals surface area contributed by atoms with Crippen molar-refractivity contribution in [1.82, 2.24) is 9.47 Å². The van der Waals surface area contributed by atoms with Crippen molar-refractivity contribution in [2.75, 3.05) is 31.6 Å². The molecule has 0 radical (unpaired) electrons. The summed E-state index contributed by atoms with van der Waals surface area (Å²) < 4.78 is 7.29. The number of carbonyl (C=O) groups excluding carboxylic acids is 1. The van der Waals surface area contributed by atoms with Gasteiger partial charge in [0, 0.05) is 42.1 Å². The summed E-state index contributed by atoms with van der Waals surface area (Å²) in [6, 6.07) is 13.7. The van der Waals surface area contributed by atoms with E-state index in [-0.39, 0.29) is 11.5 Å². The van der Waals surface area contributed by atoms with Gasteiger partial charge in [0.05, 0.1) is 18.6 Å². The lowest BCUT2D eigenvalue weighted by molar-refractivity contribution is -0.132. The van der Waals surface area contributed by atoms with Crippen LogP contribution in [0.1, 0.15) is 24.0 Å². The van der Waals surface area contributed by atoms with Crippen LogP contribution in [0.15, 0.2) is 66.1 Å². The number of rotatable bonds is 6. The van der Waals surface area contributed by atoms with Crippen LogP contribution in [0.25, 0.3) is 10.8 Å². The van der Waals surface area contributed by atoms with E-state index in [1.165, 1.54) is 6.08 Å². The number of nitrogens with one attached hydrogen (secondary N) is 1. The number of anilines is 1. The van der Waals surface area contributed by atoms with Crippen molar-refractivity contribution >= 4 is 34.0 Å². The largest absolute Gasteiger partial charge is 0.381 e. The number of ether oxygens (including phenoxy) is 1. The number of aromatic nitrogens is 1. The van der Waals surface area contributed by atoms with E-state index in [0.717, 1.165) is 48.3 Å². The summed E-state index contributed by atoms with van der Waals surface area (Å²) in [6.45, 7) is 8.81. The normalized spacial score (nSPS) is 17.7. The predicted octanol–water partition coefficient (Wildman–Crippen LogP) is 4.73. The third-order valence-electron chi connectivity index (χ3n) is 7.35. The fourth-order valence-corrected chi connectivity index (χ4v) is 5.49. The average Bonchev–Trinajstić information content (AvgIpc) is 2.85. The van der Waals surface area contributed by atoms with E-state index >= 15 is 0 Å². The van der Waals surface area contributed by atoms with Gasteiger partial charge in [0.25, 0.3) is 5.56 Å². The lowest BCUT2D eigenvalue weighted by Gasteiger charge is -2.51. The maximum absolute atomic E-state index is 13.4. The Hall–Kier alpha value is -3.09. The van der Waals surface area contributed by atoms with Gasteiger partial charge < -0.3 is 19.5 Å². The monoisotopic (exact) mass is 491 g/mol. The molecule has 2 aliphatic rings. The molecule has 1 amide bonds. The van der Waals surface area contributed by atoms with E-state index in [1.54, 1.807) is 4.90 Å². The summed E-state index contributed by atoms with van der Waals surface area (Å²) in [5.41, 5.74) is 2.37. The second kappa shape index (κ2) is 9.51. The van der Waals surface area contributed by atoms with Gasteiger partial charge in [-0.1, -0.05) is 36.4 Å². The molecule has 0 bridgehead atoms. The number of hydrogen-bond donors (Lipinski definition) is 1. The fraction of sp³-hybridized carbons (Fsp3) is 0.357. The Bertz CT molecular complexity index is 1340. The first-order valence-corrected chi connectivity index (χ1v) is 12.4. The Labute approximate surface area is 210 Å². The summed E-state index contributed by atoms with van der Waals surface area (Å²) in [7, 11) is 0. The first-order chi connectivity index (χ1) is 16.9. The highest BCUT2D eigenvalue weighted by Gasteiger charge is 2.47. The molecule has 35 heavy (non-hydrogen) atoms. The molecule has 2 aromatic carbocycles. The third kappa shape index (κ3) is 4.48. The van der Waals surface area contributed by atoms with Gasteiger partial charge >= 0.3 is 0 Å². The minimum absolute atomic E-state index is 0.0164. The van der Waals surface area contributed by atoms with Crippen molar-refractivity contribution in [2.24, 2.45) is 5.92 Å². The number of nitrogens with zero attached hydrogens (tertiary/aromatic N) is 2. The van der Waals surface area contributed by atoms with Crippen LogP contribution in [0.5, 0.6) is 0 Å². The fourth-order valence-electron chi connectivity index (χ4n) is 5.32. The predicted molar refractivity (Wildman–Crippen MR) is 140 cm³/mol. The van der Waals surface area contributed by atoms with Gasteiger partial charge in [-0.3, -0.25) is 9.59 Å². The van der Waals surface area contributed by atoms with Gasteiger partial charge in [0.2, 0.25) is 5.91 Å². The molecule has 3 aromatic rings.